The molecule has 472 valence electrons. The molecule has 6 heteroatoms. The van der Waals surface area contributed by atoms with E-state index in [1.165, 1.54) is 238 Å². The van der Waals surface area contributed by atoms with E-state index in [0.717, 1.165) is 103 Å². The molecule has 0 amide bonds. The molecule has 0 spiro atoms. The number of hydrogen-bond donors (Lipinski definition) is 0. The standard InChI is InChI=1S/C75H136O6/c1-4-7-10-13-16-19-22-25-28-30-32-33-34-35-36-37-38-39-40-41-43-44-47-50-53-56-59-62-65-68-74(77)80-71-72(70-79-73(76)67-64-61-58-55-52-49-46-27-24-21-18-15-12-9-6-3)81-75(78)69-66-63-60-57-54-51-48-45-42-31-29-26-23-20-17-14-11-8-5-2/h8,11,17,20,26-27,29,42,45-46,72H,4-7,9-10,12-16,18-19,21-25,28,30-41,43-44,47-71H2,1-3H3/b11-8-,20-17-,29-26-,45-42-,46-27-. The monoisotopic (exact) mass is 1130 g/mol. The van der Waals surface area contributed by atoms with Gasteiger partial charge in [-0.05, 0) is 83.5 Å². The van der Waals surface area contributed by atoms with Crippen molar-refractivity contribution in [1.29, 1.82) is 0 Å². The molecule has 1 unspecified atom stereocenters. The molecule has 81 heavy (non-hydrogen) atoms. The maximum atomic E-state index is 12.9. The molecule has 0 aromatic rings. The van der Waals surface area contributed by atoms with Crippen molar-refractivity contribution in [3.8, 4) is 0 Å². The van der Waals surface area contributed by atoms with E-state index >= 15 is 0 Å². The van der Waals surface area contributed by atoms with Gasteiger partial charge in [-0.1, -0.05) is 338 Å². The fraction of sp³-hybridized carbons (Fsp3) is 0.827. The van der Waals surface area contributed by atoms with E-state index in [-0.39, 0.29) is 31.1 Å². The molecule has 0 aromatic heterocycles. The number of hydrogen-bond acceptors (Lipinski definition) is 6. The van der Waals surface area contributed by atoms with Crippen molar-refractivity contribution in [3.63, 3.8) is 0 Å². The van der Waals surface area contributed by atoms with E-state index in [0.29, 0.717) is 19.3 Å². The predicted octanol–water partition coefficient (Wildman–Crippen LogP) is 24.7. The second-order valence-corrected chi connectivity index (χ2v) is 24.1. The first-order valence-electron chi connectivity index (χ1n) is 35.8. The van der Waals surface area contributed by atoms with Crippen molar-refractivity contribution < 1.29 is 28.6 Å². The Balaban J connectivity index is 4.24. The summed E-state index contributed by atoms with van der Waals surface area (Å²) in [6.07, 6.45) is 89.7. The van der Waals surface area contributed by atoms with Gasteiger partial charge >= 0.3 is 17.9 Å². The van der Waals surface area contributed by atoms with Gasteiger partial charge in [0.25, 0.3) is 0 Å². The average molecular weight is 1130 g/mol. The summed E-state index contributed by atoms with van der Waals surface area (Å²) < 4.78 is 17.0. The van der Waals surface area contributed by atoms with Crippen molar-refractivity contribution in [2.45, 2.75) is 386 Å². The van der Waals surface area contributed by atoms with Gasteiger partial charge in [0.2, 0.25) is 0 Å². The van der Waals surface area contributed by atoms with Crippen molar-refractivity contribution in [1.82, 2.24) is 0 Å². The minimum absolute atomic E-state index is 0.0793. The largest absolute Gasteiger partial charge is 0.462 e. The summed E-state index contributed by atoms with van der Waals surface area (Å²) in [6.45, 7) is 6.57. The Labute approximate surface area is 504 Å². The minimum atomic E-state index is -0.786. The Bertz CT molecular complexity index is 1440. The smallest absolute Gasteiger partial charge is 0.306 e. The molecule has 0 saturated heterocycles. The van der Waals surface area contributed by atoms with Crippen LogP contribution >= 0.6 is 0 Å². The Kier molecular flexibility index (Phi) is 67.1. The summed E-state index contributed by atoms with van der Waals surface area (Å²) in [5, 5.41) is 0. The predicted molar refractivity (Wildman–Crippen MR) is 353 cm³/mol. The zero-order valence-corrected chi connectivity index (χ0v) is 54.3. The number of allylic oxidation sites excluding steroid dienone is 10. The number of rotatable bonds is 66. The first-order chi connectivity index (χ1) is 40.0. The highest BCUT2D eigenvalue weighted by Gasteiger charge is 2.19. The summed E-state index contributed by atoms with van der Waals surface area (Å²) >= 11 is 0. The number of carbonyl (C=O) groups excluding carboxylic acids is 3. The van der Waals surface area contributed by atoms with Crippen LogP contribution < -0.4 is 0 Å². The first kappa shape index (κ1) is 78.1. The molecule has 0 aliphatic heterocycles. The third-order valence-electron chi connectivity index (χ3n) is 16.0. The lowest BCUT2D eigenvalue weighted by Crippen LogP contribution is -2.30. The van der Waals surface area contributed by atoms with Gasteiger partial charge in [0.15, 0.2) is 6.10 Å². The fourth-order valence-corrected chi connectivity index (χ4v) is 10.7. The minimum Gasteiger partial charge on any atom is -0.462 e. The van der Waals surface area contributed by atoms with E-state index in [1.54, 1.807) is 0 Å². The van der Waals surface area contributed by atoms with Crippen LogP contribution in [0.15, 0.2) is 60.8 Å². The van der Waals surface area contributed by atoms with E-state index in [2.05, 4.69) is 81.5 Å². The third-order valence-corrected chi connectivity index (χ3v) is 16.0. The topological polar surface area (TPSA) is 78.9 Å². The zero-order chi connectivity index (χ0) is 58.5. The summed E-state index contributed by atoms with van der Waals surface area (Å²) in [5.74, 6) is -0.879. The van der Waals surface area contributed by atoms with Gasteiger partial charge in [-0.15, -0.1) is 0 Å². The Morgan fingerprint density at radius 2 is 0.481 bits per heavy atom. The highest BCUT2D eigenvalue weighted by Crippen LogP contribution is 2.18. The number of ether oxygens (including phenoxy) is 3. The maximum absolute atomic E-state index is 12.9. The highest BCUT2D eigenvalue weighted by molar-refractivity contribution is 5.71. The van der Waals surface area contributed by atoms with Gasteiger partial charge in [0, 0.05) is 19.3 Å². The molecule has 0 heterocycles. The second-order valence-electron chi connectivity index (χ2n) is 24.1. The van der Waals surface area contributed by atoms with Crippen LogP contribution in [0.5, 0.6) is 0 Å². The van der Waals surface area contributed by atoms with Crippen molar-refractivity contribution >= 4 is 17.9 Å². The molecule has 0 aliphatic carbocycles. The summed E-state index contributed by atoms with van der Waals surface area (Å²) in [5.41, 5.74) is 0. The summed E-state index contributed by atoms with van der Waals surface area (Å²) in [6, 6.07) is 0. The van der Waals surface area contributed by atoms with Gasteiger partial charge < -0.3 is 14.2 Å². The van der Waals surface area contributed by atoms with Crippen LogP contribution in [-0.2, 0) is 28.6 Å². The van der Waals surface area contributed by atoms with Crippen molar-refractivity contribution in [3.05, 3.63) is 60.8 Å². The molecule has 1 atom stereocenters. The number of esters is 3. The van der Waals surface area contributed by atoms with E-state index in [9.17, 15) is 14.4 Å². The normalized spacial score (nSPS) is 12.4. The van der Waals surface area contributed by atoms with Crippen molar-refractivity contribution in [2.24, 2.45) is 0 Å². The van der Waals surface area contributed by atoms with Crippen LogP contribution in [0.2, 0.25) is 0 Å². The molecule has 0 aromatic carbocycles. The molecule has 0 saturated carbocycles. The summed E-state index contributed by atoms with van der Waals surface area (Å²) in [4.78, 5) is 38.4. The quantitative estimate of drug-likeness (QED) is 0.0261. The highest BCUT2D eigenvalue weighted by atomic mass is 16.6. The third kappa shape index (κ3) is 67.8. The number of carbonyl (C=O) groups is 3. The molecule has 0 bridgehead atoms. The Hall–Kier alpha value is -2.89. The van der Waals surface area contributed by atoms with E-state index < -0.39 is 6.10 Å². The molecule has 0 fully saturated rings. The molecule has 0 aliphatic rings. The van der Waals surface area contributed by atoms with Gasteiger partial charge in [-0.25, -0.2) is 0 Å². The van der Waals surface area contributed by atoms with Gasteiger partial charge in [0.1, 0.15) is 13.2 Å². The van der Waals surface area contributed by atoms with Crippen LogP contribution in [0.3, 0.4) is 0 Å². The molecule has 0 radical (unpaired) electrons. The lowest BCUT2D eigenvalue weighted by Gasteiger charge is -2.18. The van der Waals surface area contributed by atoms with Crippen LogP contribution in [0, 0.1) is 0 Å². The lowest BCUT2D eigenvalue weighted by molar-refractivity contribution is -0.167. The van der Waals surface area contributed by atoms with Gasteiger partial charge in [0.05, 0.1) is 0 Å². The maximum Gasteiger partial charge on any atom is 0.306 e. The number of unbranched alkanes of at least 4 members (excludes halogenated alkanes) is 45. The molecular formula is C75H136O6. The molecule has 0 rings (SSSR count). The summed E-state index contributed by atoms with van der Waals surface area (Å²) in [7, 11) is 0. The Morgan fingerprint density at radius 3 is 0.765 bits per heavy atom. The van der Waals surface area contributed by atoms with Crippen molar-refractivity contribution in [2.75, 3.05) is 13.2 Å². The second kappa shape index (κ2) is 69.6. The van der Waals surface area contributed by atoms with Crippen LogP contribution in [0.25, 0.3) is 0 Å². The van der Waals surface area contributed by atoms with E-state index in [4.69, 9.17) is 14.2 Å². The Morgan fingerprint density at radius 1 is 0.259 bits per heavy atom. The lowest BCUT2D eigenvalue weighted by atomic mass is 10.0. The van der Waals surface area contributed by atoms with Gasteiger partial charge in [-0.3, -0.25) is 14.4 Å². The fourth-order valence-electron chi connectivity index (χ4n) is 10.7. The molecule has 0 N–H and O–H groups in total. The SMILES string of the molecule is CC/C=C\C/C=C\C/C=C\C/C=C\CCCCCCCCC(=O)OC(COC(=O)CCCCCCC/C=C\CCCCCCCC)COC(=O)CCCCCCCCCCCCCCCCCCCCCCCCCCCCCCC. The van der Waals surface area contributed by atoms with E-state index in [1.807, 2.05) is 0 Å². The average Bonchev–Trinajstić information content (AvgIpc) is 3.47. The zero-order valence-electron chi connectivity index (χ0n) is 54.3. The van der Waals surface area contributed by atoms with Crippen LogP contribution in [0.1, 0.15) is 380 Å². The van der Waals surface area contributed by atoms with Crippen LogP contribution in [0.4, 0.5) is 0 Å². The van der Waals surface area contributed by atoms with Crippen LogP contribution in [-0.4, -0.2) is 37.2 Å². The molecular weight excluding hydrogens is 997 g/mol. The first-order valence-corrected chi connectivity index (χ1v) is 35.8. The van der Waals surface area contributed by atoms with Gasteiger partial charge in [-0.2, -0.15) is 0 Å². The molecule has 6 nitrogen and oxygen atoms in total.